The molecule has 0 bridgehead atoms. The minimum absolute atomic E-state index is 0. The minimum atomic E-state index is 0. The second kappa shape index (κ2) is 9.21. The predicted octanol–water partition coefficient (Wildman–Crippen LogP) is 2.03. The van der Waals surface area contributed by atoms with E-state index in [4.69, 9.17) is 0 Å². The maximum absolute atomic E-state index is 3.72. The summed E-state index contributed by atoms with van der Waals surface area (Å²) in [6.45, 7) is 3.72. The van der Waals surface area contributed by atoms with Crippen molar-refractivity contribution in [1.29, 1.82) is 0 Å². The molecule has 0 amide bonds. The molecule has 50 valence electrons. The fourth-order valence-corrected chi connectivity index (χ4v) is 0.478. The van der Waals surface area contributed by atoms with E-state index in [-0.39, 0.29) is 23.1 Å². The molecule has 1 rings (SSSR count). The Morgan fingerprint density at radius 1 is 1.10 bits per heavy atom. The maximum atomic E-state index is 3.72. The molecule has 0 atom stereocenters. The van der Waals surface area contributed by atoms with Crippen LogP contribution in [0.1, 0.15) is 5.56 Å². The molecule has 1 aromatic rings. The third-order valence-electron chi connectivity index (χ3n) is 0.843. The molecule has 0 aromatic heterocycles. The van der Waals surface area contributed by atoms with Gasteiger partial charge < -0.3 is 0 Å². The summed E-state index contributed by atoms with van der Waals surface area (Å²) in [5.41, 5.74) is 1.07. The quantitative estimate of drug-likeness (QED) is 0.338. The molecule has 2 heteroatoms. The van der Waals surface area contributed by atoms with Gasteiger partial charge in [-0.2, -0.15) is 37.2 Å². The molecule has 10 heavy (non-hydrogen) atoms. The van der Waals surface area contributed by atoms with E-state index in [0.717, 1.165) is 5.56 Å². The average Bonchev–Trinajstić information content (AvgIpc) is 1.94. The van der Waals surface area contributed by atoms with E-state index >= 15 is 0 Å². The fourth-order valence-electron chi connectivity index (χ4n) is 0.478. The van der Waals surface area contributed by atoms with Gasteiger partial charge in [0.1, 0.15) is 0 Å². The molecule has 0 aliphatic rings. The second-order valence-corrected chi connectivity index (χ2v) is 1.49. The van der Waals surface area contributed by atoms with Gasteiger partial charge in [0.2, 0.25) is 0 Å². The molecular weight excluding hydrogens is 152 g/mol. The van der Waals surface area contributed by atoms with E-state index < -0.39 is 0 Å². The predicted molar refractivity (Wildman–Crippen MR) is 51.6 cm³/mol. The number of hydrogen-bond donors (Lipinski definition) is 1. The zero-order chi connectivity index (χ0) is 7.11. The van der Waals surface area contributed by atoms with Gasteiger partial charge in [0.15, 0.2) is 0 Å². The van der Waals surface area contributed by atoms with Crippen molar-refractivity contribution in [3.05, 3.63) is 42.8 Å². The van der Waals surface area contributed by atoms with Gasteiger partial charge in [-0.15, -0.1) is 12.1 Å². The van der Waals surface area contributed by atoms with Crippen LogP contribution in [-0.2, 0) is 0 Å². The number of hydrogen-bond acceptors (Lipinski definition) is 1. The summed E-state index contributed by atoms with van der Waals surface area (Å²) in [5, 5.41) is 0. The molecule has 0 nitrogen and oxygen atoms in total. The van der Waals surface area contributed by atoms with Crippen LogP contribution >= 0.6 is 12.6 Å². The zero-order valence-corrected chi connectivity index (χ0v) is 8.56. The summed E-state index contributed by atoms with van der Waals surface area (Å²) in [4.78, 5) is 0. The summed E-state index contributed by atoms with van der Waals surface area (Å²) < 4.78 is 0. The van der Waals surface area contributed by atoms with Gasteiger partial charge in [-0.05, 0) is 6.26 Å². The molecule has 0 unspecified atom stereocenters. The van der Waals surface area contributed by atoms with Gasteiger partial charge in [0.25, 0.3) is 0 Å². The standard InChI is InChI=1S/C7H7.CH4S.Mg/c1-7-5-3-2-4-6-7;1-2;/h2-6H,1H2;2H,1H3;/q-1;;+2. The first-order valence-electron chi connectivity index (χ1n) is 2.71. The first-order valence-corrected chi connectivity index (χ1v) is 3.61. The molecule has 1 aromatic carbocycles. The van der Waals surface area contributed by atoms with Crippen molar-refractivity contribution in [1.82, 2.24) is 0 Å². The van der Waals surface area contributed by atoms with Crippen LogP contribution < -0.4 is 0 Å². The van der Waals surface area contributed by atoms with Gasteiger partial charge in [0, 0.05) is 0 Å². The Bertz CT molecular complexity index is 139. The van der Waals surface area contributed by atoms with Crippen LogP contribution in [0, 0.1) is 6.92 Å². The van der Waals surface area contributed by atoms with Gasteiger partial charge in [-0.1, -0.05) is 6.07 Å². The Hall–Kier alpha value is 0.206. The Labute approximate surface area is 84.6 Å². The van der Waals surface area contributed by atoms with E-state index in [1.807, 2.05) is 30.3 Å². The van der Waals surface area contributed by atoms with Crippen molar-refractivity contribution in [2.45, 2.75) is 0 Å². The van der Waals surface area contributed by atoms with E-state index in [9.17, 15) is 0 Å². The largest absolute Gasteiger partial charge is 2.00 e. The molecule has 0 N–H and O–H groups in total. The molecule has 0 aliphatic carbocycles. The molecule has 0 fully saturated rings. The summed E-state index contributed by atoms with van der Waals surface area (Å²) in [6, 6.07) is 9.87. The SMILES string of the molecule is CS.[CH2-]c1ccccc1.[Mg+2]. The van der Waals surface area contributed by atoms with Crippen LogP contribution in [0.5, 0.6) is 0 Å². The van der Waals surface area contributed by atoms with Gasteiger partial charge in [-0.3, -0.25) is 0 Å². The van der Waals surface area contributed by atoms with Crippen LogP contribution in [0.15, 0.2) is 30.3 Å². The Balaban J connectivity index is 0. The monoisotopic (exact) mass is 163 g/mol. The molecule has 0 saturated heterocycles. The van der Waals surface area contributed by atoms with Gasteiger partial charge in [-0.25, -0.2) is 0 Å². The van der Waals surface area contributed by atoms with Crippen molar-refractivity contribution in [2.24, 2.45) is 0 Å². The van der Waals surface area contributed by atoms with E-state index in [0.29, 0.717) is 0 Å². The molecule has 0 radical (unpaired) electrons. The average molecular weight is 164 g/mol. The first kappa shape index (κ1) is 12.8. The summed E-state index contributed by atoms with van der Waals surface area (Å²) in [7, 11) is 0. The van der Waals surface area contributed by atoms with Crippen molar-refractivity contribution in [3.8, 4) is 0 Å². The first-order chi connectivity index (χ1) is 4.39. The summed E-state index contributed by atoms with van der Waals surface area (Å²) in [5.74, 6) is 0. The Morgan fingerprint density at radius 2 is 1.50 bits per heavy atom. The van der Waals surface area contributed by atoms with Crippen LogP contribution in [0.3, 0.4) is 0 Å². The van der Waals surface area contributed by atoms with Crippen LogP contribution in [0.2, 0.25) is 0 Å². The fraction of sp³-hybridized carbons (Fsp3) is 0.125. The van der Waals surface area contributed by atoms with E-state index in [2.05, 4.69) is 19.6 Å². The summed E-state index contributed by atoms with van der Waals surface area (Å²) in [6.07, 6.45) is 1.69. The zero-order valence-electron chi connectivity index (χ0n) is 6.25. The van der Waals surface area contributed by atoms with Crippen molar-refractivity contribution < 1.29 is 0 Å². The molecule has 0 saturated carbocycles. The third kappa shape index (κ3) is 6.33. The van der Waals surface area contributed by atoms with Gasteiger partial charge >= 0.3 is 23.1 Å². The van der Waals surface area contributed by atoms with E-state index in [1.54, 1.807) is 6.26 Å². The Kier molecular flexibility index (Phi) is 11.8. The minimum Gasteiger partial charge on any atom is -0.199 e. The maximum Gasteiger partial charge on any atom is 2.00 e. The second-order valence-electron chi connectivity index (χ2n) is 1.49. The van der Waals surface area contributed by atoms with Crippen molar-refractivity contribution in [2.75, 3.05) is 6.26 Å². The number of rotatable bonds is 0. The number of thiol groups is 1. The van der Waals surface area contributed by atoms with Crippen LogP contribution in [-0.4, -0.2) is 29.3 Å². The summed E-state index contributed by atoms with van der Waals surface area (Å²) >= 11 is 3.53. The van der Waals surface area contributed by atoms with Crippen LogP contribution in [0.25, 0.3) is 0 Å². The van der Waals surface area contributed by atoms with Crippen molar-refractivity contribution in [3.63, 3.8) is 0 Å². The Morgan fingerprint density at radius 3 is 1.70 bits per heavy atom. The molecule has 0 heterocycles. The topological polar surface area (TPSA) is 0 Å². The van der Waals surface area contributed by atoms with Crippen molar-refractivity contribution >= 4 is 35.7 Å². The molecule has 0 spiro atoms. The normalized spacial score (nSPS) is 6.60. The smallest absolute Gasteiger partial charge is 0.199 e. The van der Waals surface area contributed by atoms with Gasteiger partial charge in [0.05, 0.1) is 0 Å². The van der Waals surface area contributed by atoms with Crippen LogP contribution in [0.4, 0.5) is 0 Å². The van der Waals surface area contributed by atoms with E-state index in [1.165, 1.54) is 0 Å². The molecule has 0 aliphatic heterocycles. The third-order valence-corrected chi connectivity index (χ3v) is 0.843. The molecular formula is C8H11MgS+. The number of benzene rings is 1.